The van der Waals surface area contributed by atoms with Crippen LogP contribution < -0.4 is 19.5 Å². The van der Waals surface area contributed by atoms with Crippen molar-refractivity contribution in [1.82, 2.24) is 5.32 Å². The lowest BCUT2D eigenvalue weighted by molar-refractivity contribution is -0.152. The molecule has 0 saturated heterocycles. The molecule has 146 valence electrons. The highest BCUT2D eigenvalue weighted by Gasteiger charge is 2.29. The Bertz CT molecular complexity index is 710. The molecule has 0 heterocycles. The Hall–Kier alpha value is -2.73. The number of ether oxygens (including phenoxy) is 3. The molecule has 0 aromatic heterocycles. The molecule has 2 aromatic carbocycles. The largest absolute Gasteiger partial charge is 0.497 e. The molecule has 0 atom stereocenters. The third-order valence-corrected chi connectivity index (χ3v) is 3.97. The number of carboxylic acid groups (broad SMARTS) is 1. The third kappa shape index (κ3) is 6.83. The number of hydrogen-bond donors (Lipinski definition) is 2. The highest BCUT2D eigenvalue weighted by atomic mass is 16.5. The van der Waals surface area contributed by atoms with Crippen LogP contribution >= 0.6 is 0 Å². The summed E-state index contributed by atoms with van der Waals surface area (Å²) in [5.41, 5.74) is -0.143. The number of rotatable bonds is 11. The molecule has 0 spiro atoms. The van der Waals surface area contributed by atoms with Crippen molar-refractivity contribution in [2.75, 3.05) is 20.3 Å². The molecule has 0 aliphatic rings. The van der Waals surface area contributed by atoms with Crippen molar-refractivity contribution in [2.24, 2.45) is 0 Å². The van der Waals surface area contributed by atoms with Crippen LogP contribution in [0.1, 0.15) is 25.8 Å². The summed E-state index contributed by atoms with van der Waals surface area (Å²) in [5, 5.41) is 12.4. The molecular weight excluding hydrogens is 346 g/mol. The van der Waals surface area contributed by atoms with Crippen molar-refractivity contribution in [3.8, 4) is 17.2 Å². The Morgan fingerprint density at radius 2 is 1.59 bits per heavy atom. The maximum absolute atomic E-state index is 11.1. The van der Waals surface area contributed by atoms with Crippen molar-refractivity contribution in [1.29, 1.82) is 0 Å². The van der Waals surface area contributed by atoms with Crippen LogP contribution in [0.4, 0.5) is 0 Å². The molecule has 6 nitrogen and oxygen atoms in total. The first kappa shape index (κ1) is 20.6. The summed E-state index contributed by atoms with van der Waals surface area (Å²) in [4.78, 5) is 11.1. The van der Waals surface area contributed by atoms with Gasteiger partial charge in [-0.2, -0.15) is 0 Å². The van der Waals surface area contributed by atoms with Crippen molar-refractivity contribution in [2.45, 2.75) is 32.4 Å². The SMILES string of the molecule is COc1ccc(OCCCNCc2ccc(OC(C)(C)C(=O)O)cc2)cc1. The second-order valence-electron chi connectivity index (χ2n) is 6.62. The van der Waals surface area contributed by atoms with Crippen molar-refractivity contribution in [3.63, 3.8) is 0 Å². The average molecular weight is 373 g/mol. The minimum atomic E-state index is -1.25. The standard InChI is InChI=1S/C21H27NO5/c1-21(2,20(23)24)27-19-7-5-16(6-8-19)15-22-13-4-14-26-18-11-9-17(25-3)10-12-18/h5-12,22H,4,13-15H2,1-3H3,(H,23,24). The minimum absolute atomic E-state index is 0.541. The van der Waals surface area contributed by atoms with E-state index in [0.29, 0.717) is 12.4 Å². The number of hydrogen-bond acceptors (Lipinski definition) is 5. The molecule has 6 heteroatoms. The van der Waals surface area contributed by atoms with Crippen LogP contribution in [0.3, 0.4) is 0 Å². The van der Waals surface area contributed by atoms with Gasteiger partial charge in [-0.1, -0.05) is 12.1 Å². The van der Waals surface area contributed by atoms with Gasteiger partial charge in [0.1, 0.15) is 17.2 Å². The van der Waals surface area contributed by atoms with E-state index in [4.69, 9.17) is 19.3 Å². The predicted molar refractivity (Wildman–Crippen MR) is 104 cm³/mol. The smallest absolute Gasteiger partial charge is 0.347 e. The zero-order chi connectivity index (χ0) is 19.7. The van der Waals surface area contributed by atoms with Gasteiger partial charge in [0.2, 0.25) is 0 Å². The van der Waals surface area contributed by atoms with E-state index in [1.165, 1.54) is 13.8 Å². The van der Waals surface area contributed by atoms with Crippen LogP contribution in [0.5, 0.6) is 17.2 Å². The molecule has 0 bridgehead atoms. The molecule has 0 fully saturated rings. The van der Waals surface area contributed by atoms with Crippen LogP contribution in [-0.2, 0) is 11.3 Å². The topological polar surface area (TPSA) is 77.0 Å². The van der Waals surface area contributed by atoms with Gasteiger partial charge in [-0.25, -0.2) is 4.79 Å². The quantitative estimate of drug-likeness (QED) is 0.587. The summed E-state index contributed by atoms with van der Waals surface area (Å²) in [6.45, 7) is 5.25. The lowest BCUT2D eigenvalue weighted by Crippen LogP contribution is -2.37. The normalized spacial score (nSPS) is 11.1. The Kier molecular flexibility index (Phi) is 7.49. The lowest BCUT2D eigenvalue weighted by atomic mass is 10.1. The van der Waals surface area contributed by atoms with Crippen LogP contribution in [-0.4, -0.2) is 36.9 Å². The zero-order valence-electron chi connectivity index (χ0n) is 16.0. The molecule has 0 aliphatic carbocycles. The maximum Gasteiger partial charge on any atom is 0.347 e. The van der Waals surface area contributed by atoms with Gasteiger partial charge in [0, 0.05) is 6.54 Å². The molecule has 2 rings (SSSR count). The zero-order valence-corrected chi connectivity index (χ0v) is 16.0. The summed E-state index contributed by atoms with van der Waals surface area (Å²) in [5.74, 6) is 1.19. The summed E-state index contributed by atoms with van der Waals surface area (Å²) in [7, 11) is 1.64. The molecule has 0 radical (unpaired) electrons. The van der Waals surface area contributed by atoms with Crippen LogP contribution in [0, 0.1) is 0 Å². The van der Waals surface area contributed by atoms with Gasteiger partial charge < -0.3 is 24.6 Å². The summed E-state index contributed by atoms with van der Waals surface area (Å²) in [6.07, 6.45) is 0.889. The number of carboxylic acids is 1. The first-order chi connectivity index (χ1) is 12.9. The fourth-order valence-electron chi connectivity index (χ4n) is 2.31. The molecule has 0 saturated carbocycles. The van der Waals surface area contributed by atoms with E-state index in [9.17, 15) is 4.79 Å². The first-order valence-corrected chi connectivity index (χ1v) is 8.89. The third-order valence-electron chi connectivity index (χ3n) is 3.97. The summed E-state index contributed by atoms with van der Waals surface area (Å²) >= 11 is 0. The van der Waals surface area contributed by atoms with E-state index in [-0.39, 0.29) is 0 Å². The Balaban J connectivity index is 1.64. The van der Waals surface area contributed by atoms with E-state index in [1.54, 1.807) is 19.2 Å². The second kappa shape index (κ2) is 9.83. The van der Waals surface area contributed by atoms with E-state index >= 15 is 0 Å². The van der Waals surface area contributed by atoms with E-state index < -0.39 is 11.6 Å². The van der Waals surface area contributed by atoms with E-state index in [1.807, 2.05) is 36.4 Å². The number of aliphatic carboxylic acids is 1. The van der Waals surface area contributed by atoms with Gasteiger partial charge >= 0.3 is 5.97 Å². The number of methoxy groups -OCH3 is 1. The summed E-state index contributed by atoms with van der Waals surface area (Å²) < 4.78 is 16.3. The highest BCUT2D eigenvalue weighted by molar-refractivity contribution is 5.76. The Labute approximate surface area is 160 Å². The fraction of sp³-hybridized carbons (Fsp3) is 0.381. The van der Waals surface area contributed by atoms with Gasteiger partial charge in [-0.05, 0) is 68.8 Å². The number of benzene rings is 2. The van der Waals surface area contributed by atoms with Crippen LogP contribution in [0.25, 0.3) is 0 Å². The van der Waals surface area contributed by atoms with Crippen molar-refractivity contribution >= 4 is 5.97 Å². The van der Waals surface area contributed by atoms with Crippen molar-refractivity contribution in [3.05, 3.63) is 54.1 Å². The molecule has 0 aliphatic heterocycles. The molecule has 2 aromatic rings. The average Bonchev–Trinajstić information content (AvgIpc) is 2.66. The van der Waals surface area contributed by atoms with E-state index in [2.05, 4.69) is 5.32 Å². The molecule has 0 amide bonds. The Morgan fingerprint density at radius 1 is 1.00 bits per heavy atom. The van der Waals surface area contributed by atoms with Gasteiger partial charge in [0.25, 0.3) is 0 Å². The second-order valence-corrected chi connectivity index (χ2v) is 6.62. The number of carbonyl (C=O) groups is 1. The minimum Gasteiger partial charge on any atom is -0.497 e. The van der Waals surface area contributed by atoms with Gasteiger partial charge in [0.15, 0.2) is 5.60 Å². The summed E-state index contributed by atoms with van der Waals surface area (Å²) in [6, 6.07) is 14.9. The first-order valence-electron chi connectivity index (χ1n) is 8.89. The highest BCUT2D eigenvalue weighted by Crippen LogP contribution is 2.19. The van der Waals surface area contributed by atoms with E-state index in [0.717, 1.165) is 36.6 Å². The van der Waals surface area contributed by atoms with Gasteiger partial charge in [-0.3, -0.25) is 0 Å². The molecule has 0 unspecified atom stereocenters. The fourth-order valence-corrected chi connectivity index (χ4v) is 2.31. The lowest BCUT2D eigenvalue weighted by Gasteiger charge is -2.21. The molecule has 2 N–H and O–H groups in total. The predicted octanol–water partition coefficient (Wildman–Crippen LogP) is 3.50. The van der Waals surface area contributed by atoms with Gasteiger partial charge in [-0.15, -0.1) is 0 Å². The monoisotopic (exact) mass is 373 g/mol. The van der Waals surface area contributed by atoms with Crippen molar-refractivity contribution < 1.29 is 24.1 Å². The molecule has 27 heavy (non-hydrogen) atoms. The molecular formula is C21H27NO5. The number of nitrogens with one attached hydrogen (secondary N) is 1. The van der Waals surface area contributed by atoms with Crippen LogP contribution in [0.15, 0.2) is 48.5 Å². The Morgan fingerprint density at radius 3 is 2.19 bits per heavy atom. The van der Waals surface area contributed by atoms with Crippen LogP contribution in [0.2, 0.25) is 0 Å². The maximum atomic E-state index is 11.1. The van der Waals surface area contributed by atoms with Gasteiger partial charge in [0.05, 0.1) is 13.7 Å².